The number of halogens is 4. The van der Waals surface area contributed by atoms with Gasteiger partial charge < -0.3 is 4.74 Å². The van der Waals surface area contributed by atoms with Crippen LogP contribution in [0.4, 0.5) is 13.2 Å². The fourth-order valence-corrected chi connectivity index (χ4v) is 2.24. The molecule has 1 aromatic heterocycles. The van der Waals surface area contributed by atoms with Gasteiger partial charge in [0, 0.05) is 16.4 Å². The molecule has 116 valence electrons. The highest BCUT2D eigenvalue weighted by Gasteiger charge is 2.30. The lowest BCUT2D eigenvalue weighted by molar-refractivity contribution is -0.137. The maximum Gasteiger partial charge on any atom is 0.416 e. The number of pyridine rings is 1. The van der Waals surface area contributed by atoms with Crippen LogP contribution in [0.5, 0.6) is 0 Å². The van der Waals surface area contributed by atoms with E-state index in [9.17, 15) is 22.8 Å². The third-order valence-electron chi connectivity index (χ3n) is 2.86. The number of carbonyl (C=O) groups is 1. The molecule has 0 N–H and O–H groups in total. The zero-order valence-electron chi connectivity index (χ0n) is 11.1. The molecule has 1 aromatic carbocycles. The summed E-state index contributed by atoms with van der Waals surface area (Å²) in [4.78, 5) is 23.8. The van der Waals surface area contributed by atoms with Gasteiger partial charge in [-0.25, -0.2) is 4.79 Å². The second kappa shape index (κ2) is 5.96. The van der Waals surface area contributed by atoms with Gasteiger partial charge in [0.2, 0.25) is 0 Å². The number of ether oxygens (including phenoxy) is 1. The fraction of sp³-hybridized carbons (Fsp3) is 0.143. The number of methoxy groups -OCH3 is 1. The molecule has 0 aliphatic carbocycles. The molecule has 22 heavy (non-hydrogen) atoms. The molecule has 0 amide bonds. The molecule has 0 aliphatic heterocycles. The van der Waals surface area contributed by atoms with Gasteiger partial charge >= 0.3 is 12.1 Å². The number of rotatable bonds is 2. The molecule has 0 saturated carbocycles. The van der Waals surface area contributed by atoms with Gasteiger partial charge in [-0.3, -0.25) is 9.36 Å². The molecular weight excluding hydrogens is 367 g/mol. The van der Waals surface area contributed by atoms with Crippen LogP contribution in [-0.2, 0) is 10.9 Å². The summed E-state index contributed by atoms with van der Waals surface area (Å²) in [5.41, 5.74) is -1.54. The Morgan fingerprint density at radius 1 is 1.23 bits per heavy atom. The Bertz CT molecular complexity index is 766. The van der Waals surface area contributed by atoms with Gasteiger partial charge in [-0.1, -0.05) is 0 Å². The lowest BCUT2D eigenvalue weighted by atomic mass is 10.2. The molecule has 2 aromatic rings. The lowest BCUT2D eigenvalue weighted by Crippen LogP contribution is -2.25. The van der Waals surface area contributed by atoms with Crippen LogP contribution >= 0.6 is 15.9 Å². The van der Waals surface area contributed by atoms with Crippen molar-refractivity contribution >= 4 is 21.9 Å². The number of hydrogen-bond acceptors (Lipinski definition) is 3. The first-order valence-electron chi connectivity index (χ1n) is 5.92. The zero-order chi connectivity index (χ0) is 16.5. The Morgan fingerprint density at radius 3 is 2.32 bits per heavy atom. The normalized spacial score (nSPS) is 11.3. The first-order valence-corrected chi connectivity index (χ1v) is 6.71. The number of benzene rings is 1. The number of nitrogens with zero attached hydrogens (tertiary/aromatic N) is 1. The minimum Gasteiger partial charge on any atom is -0.465 e. The molecule has 4 nitrogen and oxygen atoms in total. The second-order valence-electron chi connectivity index (χ2n) is 4.28. The van der Waals surface area contributed by atoms with E-state index in [4.69, 9.17) is 0 Å². The third kappa shape index (κ3) is 3.22. The van der Waals surface area contributed by atoms with Crippen LogP contribution in [0, 0.1) is 0 Å². The Balaban J connectivity index is 2.56. The van der Waals surface area contributed by atoms with Crippen LogP contribution in [0.2, 0.25) is 0 Å². The Hall–Kier alpha value is -2.09. The van der Waals surface area contributed by atoms with Crippen molar-refractivity contribution < 1.29 is 22.7 Å². The van der Waals surface area contributed by atoms with Crippen LogP contribution in [0.1, 0.15) is 15.9 Å². The van der Waals surface area contributed by atoms with Gasteiger partial charge in [0.05, 0.1) is 12.7 Å². The van der Waals surface area contributed by atoms with Crippen LogP contribution in [0.25, 0.3) is 5.69 Å². The average molecular weight is 376 g/mol. The van der Waals surface area contributed by atoms with E-state index in [0.29, 0.717) is 4.47 Å². The van der Waals surface area contributed by atoms with Crippen molar-refractivity contribution in [3.05, 3.63) is 62.5 Å². The molecule has 8 heteroatoms. The molecule has 0 saturated heterocycles. The summed E-state index contributed by atoms with van der Waals surface area (Å²) in [6, 6.07) is 5.31. The molecule has 0 radical (unpaired) electrons. The molecule has 0 fully saturated rings. The molecule has 0 aliphatic rings. The number of esters is 1. The maximum atomic E-state index is 12.5. The summed E-state index contributed by atoms with van der Waals surface area (Å²) in [6.07, 6.45) is -3.10. The first kappa shape index (κ1) is 16.3. The van der Waals surface area contributed by atoms with Crippen molar-refractivity contribution in [1.29, 1.82) is 0 Å². The lowest BCUT2D eigenvalue weighted by Gasteiger charge is -2.11. The van der Waals surface area contributed by atoms with Gasteiger partial charge in [-0.05, 0) is 46.3 Å². The number of alkyl halides is 3. The summed E-state index contributed by atoms with van der Waals surface area (Å²) in [7, 11) is 1.13. The fourth-order valence-electron chi connectivity index (χ4n) is 1.81. The predicted octanol–water partition coefficient (Wildman–Crippen LogP) is 3.41. The topological polar surface area (TPSA) is 48.3 Å². The molecular formula is C14H9BrF3NO3. The van der Waals surface area contributed by atoms with Crippen molar-refractivity contribution in [2.24, 2.45) is 0 Å². The summed E-state index contributed by atoms with van der Waals surface area (Å²) in [6.45, 7) is 0. The van der Waals surface area contributed by atoms with Crippen LogP contribution in [0.3, 0.4) is 0 Å². The van der Waals surface area contributed by atoms with Crippen molar-refractivity contribution in [1.82, 2.24) is 4.57 Å². The quantitative estimate of drug-likeness (QED) is 0.755. The van der Waals surface area contributed by atoms with E-state index in [1.165, 1.54) is 12.3 Å². The van der Waals surface area contributed by atoms with Crippen LogP contribution in [-0.4, -0.2) is 17.6 Å². The Labute approximate surface area is 131 Å². The number of carbonyl (C=O) groups excluding carboxylic acids is 1. The number of hydrogen-bond donors (Lipinski definition) is 0. The van der Waals surface area contributed by atoms with E-state index in [2.05, 4.69) is 20.7 Å². The van der Waals surface area contributed by atoms with E-state index < -0.39 is 23.3 Å². The average Bonchev–Trinajstić information content (AvgIpc) is 2.47. The molecule has 2 rings (SSSR count). The van der Waals surface area contributed by atoms with Gasteiger partial charge in [-0.15, -0.1) is 0 Å². The highest BCUT2D eigenvalue weighted by molar-refractivity contribution is 9.10. The van der Waals surface area contributed by atoms with Crippen LogP contribution < -0.4 is 5.56 Å². The molecule has 0 unspecified atom stereocenters. The zero-order valence-corrected chi connectivity index (χ0v) is 12.7. The van der Waals surface area contributed by atoms with Crippen molar-refractivity contribution in [2.45, 2.75) is 6.18 Å². The third-order valence-corrected chi connectivity index (χ3v) is 3.30. The summed E-state index contributed by atoms with van der Waals surface area (Å²) in [5, 5.41) is 0. The largest absolute Gasteiger partial charge is 0.465 e. The maximum absolute atomic E-state index is 12.5. The van der Waals surface area contributed by atoms with E-state index in [1.807, 2.05) is 0 Å². The van der Waals surface area contributed by atoms with Gasteiger partial charge in [0.1, 0.15) is 5.56 Å². The van der Waals surface area contributed by atoms with Crippen molar-refractivity contribution in [3.8, 4) is 5.69 Å². The smallest absolute Gasteiger partial charge is 0.416 e. The standard InChI is InChI=1S/C14H9BrF3NO3/c1-22-13(21)11-6-9(15)7-19(12(11)20)10-4-2-8(3-5-10)14(16,17)18/h2-7H,1H3. The van der Waals surface area contributed by atoms with Gasteiger partial charge in [0.25, 0.3) is 5.56 Å². The summed E-state index contributed by atoms with van der Waals surface area (Å²) >= 11 is 3.14. The van der Waals surface area contributed by atoms with Gasteiger partial charge in [0.15, 0.2) is 0 Å². The van der Waals surface area contributed by atoms with Crippen molar-refractivity contribution in [2.75, 3.05) is 7.11 Å². The van der Waals surface area contributed by atoms with Crippen molar-refractivity contribution in [3.63, 3.8) is 0 Å². The van der Waals surface area contributed by atoms with Crippen LogP contribution in [0.15, 0.2) is 45.8 Å². The van der Waals surface area contributed by atoms with E-state index in [0.717, 1.165) is 35.9 Å². The molecule has 0 bridgehead atoms. The van der Waals surface area contributed by atoms with E-state index in [-0.39, 0.29) is 11.3 Å². The monoisotopic (exact) mass is 375 g/mol. The summed E-state index contributed by atoms with van der Waals surface area (Å²) < 4.78 is 43.6. The predicted molar refractivity (Wildman–Crippen MR) is 76.1 cm³/mol. The highest BCUT2D eigenvalue weighted by atomic mass is 79.9. The molecule has 0 spiro atoms. The molecule has 1 heterocycles. The Morgan fingerprint density at radius 2 is 1.82 bits per heavy atom. The van der Waals surface area contributed by atoms with Gasteiger partial charge in [-0.2, -0.15) is 13.2 Å². The first-order chi connectivity index (χ1) is 10.2. The Kier molecular flexibility index (Phi) is 4.41. The SMILES string of the molecule is COC(=O)c1cc(Br)cn(-c2ccc(C(F)(F)F)cc2)c1=O. The second-order valence-corrected chi connectivity index (χ2v) is 5.20. The number of aromatic nitrogens is 1. The highest BCUT2D eigenvalue weighted by Crippen LogP contribution is 2.29. The molecule has 0 atom stereocenters. The summed E-state index contributed by atoms with van der Waals surface area (Å²) in [5.74, 6) is -0.827. The minimum atomic E-state index is -4.46. The van der Waals surface area contributed by atoms with E-state index >= 15 is 0 Å². The minimum absolute atomic E-state index is 0.199. The van der Waals surface area contributed by atoms with E-state index in [1.54, 1.807) is 0 Å².